The molecule has 0 radical (unpaired) electrons. The van der Waals surface area contributed by atoms with Gasteiger partial charge in [0, 0.05) is 6.07 Å². The highest BCUT2D eigenvalue weighted by atomic mass is 16.6. The van der Waals surface area contributed by atoms with Crippen LogP contribution in [0, 0.1) is 0 Å². The van der Waals surface area contributed by atoms with Gasteiger partial charge in [-0.1, -0.05) is 72.8 Å². The van der Waals surface area contributed by atoms with Crippen LogP contribution in [-0.4, -0.2) is 23.8 Å². The summed E-state index contributed by atoms with van der Waals surface area (Å²) in [6, 6.07) is 24.6. The van der Waals surface area contributed by atoms with Crippen LogP contribution in [0.2, 0.25) is 0 Å². The van der Waals surface area contributed by atoms with Crippen LogP contribution < -0.4 is 14.2 Å². The highest BCUT2D eigenvalue weighted by Gasteiger charge is 2.31. The van der Waals surface area contributed by atoms with Gasteiger partial charge in [-0.15, -0.1) is 0 Å². The molecule has 3 aromatic rings. The molecule has 0 amide bonds. The van der Waals surface area contributed by atoms with E-state index in [0.29, 0.717) is 18.1 Å². The van der Waals surface area contributed by atoms with E-state index in [-0.39, 0.29) is 23.9 Å². The number of aliphatic carboxylic acids is 1. The Kier molecular flexibility index (Phi) is 7.07. The monoisotopic (exact) mass is 444 g/mol. The van der Waals surface area contributed by atoms with E-state index < -0.39 is 12.1 Å². The summed E-state index contributed by atoms with van der Waals surface area (Å²) >= 11 is 0. The molecule has 1 aliphatic heterocycles. The van der Waals surface area contributed by atoms with Gasteiger partial charge in [0.15, 0.2) is 17.3 Å². The second-order valence-corrected chi connectivity index (χ2v) is 7.37. The Labute approximate surface area is 192 Å². The van der Waals surface area contributed by atoms with Gasteiger partial charge in [0.2, 0.25) is 0 Å². The predicted octanol–water partition coefficient (Wildman–Crippen LogP) is 5.45. The van der Waals surface area contributed by atoms with Crippen LogP contribution >= 0.6 is 0 Å². The Hall–Kier alpha value is -4.03. The molecule has 4 rings (SSSR count). The average molecular weight is 444 g/mol. The first kappa shape index (κ1) is 22.2. The number of hydrogen-bond acceptors (Lipinski definition) is 5. The van der Waals surface area contributed by atoms with Gasteiger partial charge in [-0.05, 0) is 30.2 Å². The van der Waals surface area contributed by atoms with E-state index >= 15 is 0 Å². The summed E-state index contributed by atoms with van der Waals surface area (Å²) in [7, 11) is 0. The zero-order chi connectivity index (χ0) is 23.0. The first-order valence-electron chi connectivity index (χ1n) is 10.6. The van der Waals surface area contributed by atoms with Crippen LogP contribution in [0.25, 0.3) is 6.08 Å². The minimum Gasteiger partial charge on any atom is -0.489 e. The summed E-state index contributed by atoms with van der Waals surface area (Å²) in [6.45, 7) is 2.39. The van der Waals surface area contributed by atoms with Gasteiger partial charge in [0.25, 0.3) is 5.76 Å². The second-order valence-electron chi connectivity index (χ2n) is 7.37. The summed E-state index contributed by atoms with van der Waals surface area (Å²) in [4.78, 5) is 11.8. The molecule has 3 aromatic carbocycles. The van der Waals surface area contributed by atoms with E-state index in [9.17, 15) is 9.90 Å². The fourth-order valence-electron chi connectivity index (χ4n) is 3.25. The van der Waals surface area contributed by atoms with Crippen molar-refractivity contribution in [1.82, 2.24) is 0 Å². The Morgan fingerprint density at radius 3 is 2.42 bits per heavy atom. The number of hydrogen-bond donors (Lipinski definition) is 1. The summed E-state index contributed by atoms with van der Waals surface area (Å²) in [5.74, 6) is -0.204. The molecule has 168 valence electrons. The van der Waals surface area contributed by atoms with Gasteiger partial charge in [-0.3, -0.25) is 0 Å². The lowest BCUT2D eigenvalue weighted by Gasteiger charge is -2.25. The molecule has 1 aliphatic rings. The van der Waals surface area contributed by atoms with Crippen molar-refractivity contribution < 1.29 is 28.8 Å². The first-order valence-corrected chi connectivity index (χ1v) is 10.6. The highest BCUT2D eigenvalue weighted by Crippen LogP contribution is 2.39. The maximum absolute atomic E-state index is 11.8. The summed E-state index contributed by atoms with van der Waals surface area (Å²) in [6.07, 6.45) is 3.17. The van der Waals surface area contributed by atoms with Gasteiger partial charge < -0.3 is 24.1 Å². The zero-order valence-electron chi connectivity index (χ0n) is 18.1. The lowest BCUT2D eigenvalue weighted by Crippen LogP contribution is -2.26. The van der Waals surface area contributed by atoms with E-state index in [4.69, 9.17) is 18.9 Å². The molecule has 33 heavy (non-hydrogen) atoms. The minimum atomic E-state index is -1.23. The van der Waals surface area contributed by atoms with Crippen LogP contribution in [0.15, 0.2) is 96.5 Å². The lowest BCUT2D eigenvalue weighted by atomic mass is 10.2. The SMILES string of the molecule is CC(OC/C=C/c1ccccc1)C1=C(C(=O)O)Oc2cc(OCc3ccccc3)ccc2O1. The molecule has 1 heterocycles. The van der Waals surface area contributed by atoms with Crippen molar-refractivity contribution in [3.63, 3.8) is 0 Å². The highest BCUT2D eigenvalue weighted by molar-refractivity contribution is 5.86. The van der Waals surface area contributed by atoms with E-state index in [1.165, 1.54) is 0 Å². The zero-order valence-corrected chi connectivity index (χ0v) is 18.1. The molecule has 0 aliphatic carbocycles. The smallest absolute Gasteiger partial charge is 0.375 e. The molecule has 6 nitrogen and oxygen atoms in total. The third-order valence-corrected chi connectivity index (χ3v) is 4.94. The van der Waals surface area contributed by atoms with Crippen LogP contribution in [0.1, 0.15) is 18.1 Å². The fourth-order valence-corrected chi connectivity index (χ4v) is 3.25. The van der Waals surface area contributed by atoms with Crippen molar-refractivity contribution in [2.24, 2.45) is 0 Å². The van der Waals surface area contributed by atoms with E-state index in [2.05, 4.69) is 0 Å². The van der Waals surface area contributed by atoms with Crippen molar-refractivity contribution in [1.29, 1.82) is 0 Å². The molecular weight excluding hydrogens is 420 g/mol. The van der Waals surface area contributed by atoms with Crippen molar-refractivity contribution in [2.45, 2.75) is 19.6 Å². The number of carboxylic acids is 1. The van der Waals surface area contributed by atoms with Crippen molar-refractivity contribution in [3.8, 4) is 17.2 Å². The maximum Gasteiger partial charge on any atom is 0.375 e. The summed E-state index contributed by atoms with van der Waals surface area (Å²) < 4.78 is 23.1. The summed E-state index contributed by atoms with van der Waals surface area (Å²) in [5, 5.41) is 9.66. The average Bonchev–Trinajstić information content (AvgIpc) is 2.85. The third kappa shape index (κ3) is 5.81. The van der Waals surface area contributed by atoms with Crippen molar-refractivity contribution in [3.05, 3.63) is 108 Å². The fraction of sp³-hybridized carbons (Fsp3) is 0.148. The number of benzene rings is 3. The number of rotatable bonds is 9. The van der Waals surface area contributed by atoms with Gasteiger partial charge in [0.1, 0.15) is 18.5 Å². The van der Waals surface area contributed by atoms with E-state index in [0.717, 1.165) is 11.1 Å². The van der Waals surface area contributed by atoms with Gasteiger partial charge >= 0.3 is 5.97 Å². The minimum absolute atomic E-state index is 0.112. The molecule has 0 saturated carbocycles. The second kappa shape index (κ2) is 10.5. The largest absolute Gasteiger partial charge is 0.489 e. The molecule has 0 saturated heterocycles. The number of carboxylic acid groups (broad SMARTS) is 1. The maximum atomic E-state index is 11.8. The predicted molar refractivity (Wildman–Crippen MR) is 124 cm³/mol. The third-order valence-electron chi connectivity index (χ3n) is 4.94. The first-order chi connectivity index (χ1) is 16.1. The number of carbonyl (C=O) groups is 1. The van der Waals surface area contributed by atoms with E-state index in [1.54, 1.807) is 25.1 Å². The Morgan fingerprint density at radius 1 is 0.970 bits per heavy atom. The molecule has 1 unspecified atom stereocenters. The van der Waals surface area contributed by atoms with Crippen molar-refractivity contribution in [2.75, 3.05) is 6.61 Å². The Balaban J connectivity index is 1.42. The van der Waals surface area contributed by atoms with Gasteiger partial charge in [0.05, 0.1) is 6.61 Å². The Bertz CT molecular complexity index is 1150. The lowest BCUT2D eigenvalue weighted by molar-refractivity contribution is -0.135. The molecule has 0 aromatic heterocycles. The molecule has 1 atom stereocenters. The summed E-state index contributed by atoms with van der Waals surface area (Å²) in [5.41, 5.74) is 2.07. The van der Waals surface area contributed by atoms with Gasteiger partial charge in [-0.2, -0.15) is 0 Å². The molecule has 0 bridgehead atoms. The molecular formula is C27H24O6. The molecule has 0 fully saturated rings. The van der Waals surface area contributed by atoms with Crippen LogP contribution in [0.4, 0.5) is 0 Å². The number of fused-ring (bicyclic) bond motifs is 1. The Morgan fingerprint density at radius 2 is 1.70 bits per heavy atom. The van der Waals surface area contributed by atoms with Crippen LogP contribution in [-0.2, 0) is 16.1 Å². The van der Waals surface area contributed by atoms with Crippen LogP contribution in [0.5, 0.6) is 17.2 Å². The molecule has 1 N–H and O–H groups in total. The van der Waals surface area contributed by atoms with Crippen molar-refractivity contribution >= 4 is 12.0 Å². The van der Waals surface area contributed by atoms with Crippen LogP contribution in [0.3, 0.4) is 0 Å². The normalized spacial score (nSPS) is 13.7. The van der Waals surface area contributed by atoms with Gasteiger partial charge in [-0.25, -0.2) is 4.79 Å². The number of ether oxygens (including phenoxy) is 4. The topological polar surface area (TPSA) is 74.2 Å². The molecule has 6 heteroatoms. The van der Waals surface area contributed by atoms with E-state index in [1.807, 2.05) is 72.8 Å². The quantitative estimate of drug-likeness (QED) is 0.473. The standard InChI is InChI=1S/C27H24O6/c1-19(30-16-8-13-20-9-4-2-5-10-20)25-26(27(28)29)33-24-17-22(14-15-23(24)32-25)31-18-21-11-6-3-7-12-21/h2-15,17,19H,16,18H2,1H3,(H,28,29)/b13-8+. The molecule has 0 spiro atoms.